The number of hydrogen-bond acceptors (Lipinski definition) is 8. The van der Waals surface area contributed by atoms with Crippen molar-refractivity contribution >= 4 is 44.7 Å². The van der Waals surface area contributed by atoms with Crippen molar-refractivity contribution < 1.29 is 14.3 Å². The number of carbonyl (C=O) groups is 1. The van der Waals surface area contributed by atoms with Crippen molar-refractivity contribution in [2.45, 2.75) is 19.9 Å². The second-order valence-corrected chi connectivity index (χ2v) is 9.76. The number of amides is 1. The molecule has 1 fully saturated rings. The van der Waals surface area contributed by atoms with Crippen molar-refractivity contribution in [3.8, 4) is 17.1 Å². The molecule has 4 aromatic rings. The normalized spacial score (nSPS) is 13.7. The number of aromatic nitrogens is 2. The number of hydrogen-bond donors (Lipinski definition) is 2. The summed E-state index contributed by atoms with van der Waals surface area (Å²) in [6, 6.07) is 18.0. The fraction of sp³-hybridized carbons (Fsp3) is 0.296. The van der Waals surface area contributed by atoms with Crippen molar-refractivity contribution in [3.63, 3.8) is 0 Å². The van der Waals surface area contributed by atoms with Gasteiger partial charge in [-0.15, -0.1) is 11.3 Å². The Morgan fingerprint density at radius 3 is 2.69 bits per heavy atom. The Labute approximate surface area is 214 Å². The molecule has 0 aliphatic carbocycles. The number of fused-ring (bicyclic) bond motifs is 1. The van der Waals surface area contributed by atoms with Gasteiger partial charge in [0.1, 0.15) is 5.75 Å². The van der Waals surface area contributed by atoms with Crippen molar-refractivity contribution in [1.82, 2.24) is 15.3 Å². The van der Waals surface area contributed by atoms with Crippen LogP contribution in [0.5, 0.6) is 5.75 Å². The maximum atomic E-state index is 12.0. The minimum Gasteiger partial charge on any atom is -0.484 e. The van der Waals surface area contributed by atoms with Crippen LogP contribution in [-0.2, 0) is 9.53 Å². The molecule has 3 heterocycles. The first-order valence-corrected chi connectivity index (χ1v) is 12.9. The molecular weight excluding hydrogens is 474 g/mol. The maximum Gasteiger partial charge on any atom is 0.258 e. The third-order valence-corrected chi connectivity index (χ3v) is 6.63. The topological polar surface area (TPSA) is 88.6 Å². The number of rotatable bonds is 8. The van der Waals surface area contributed by atoms with Gasteiger partial charge in [-0.3, -0.25) is 4.79 Å². The largest absolute Gasteiger partial charge is 0.484 e. The highest BCUT2D eigenvalue weighted by atomic mass is 32.1. The van der Waals surface area contributed by atoms with Crippen LogP contribution in [0.3, 0.4) is 0 Å². The highest BCUT2D eigenvalue weighted by Crippen LogP contribution is 2.32. The Kier molecular flexibility index (Phi) is 7.29. The molecule has 2 aromatic heterocycles. The van der Waals surface area contributed by atoms with E-state index < -0.39 is 0 Å². The summed E-state index contributed by atoms with van der Waals surface area (Å²) >= 11 is 1.60. The van der Waals surface area contributed by atoms with E-state index in [9.17, 15) is 4.79 Å². The standard InChI is InChI=1S/C27H29N5O3S/c1-18(2)28-24(33)17-35-22-5-3-4-19(16-22)26-30-23-10-15-36-25(23)27(31-26)29-20-6-8-21(9-7-20)32-11-13-34-14-12-32/h3-10,15-16,18H,11-14,17H2,1-2H3,(H,28,33)(H,29,30,31). The van der Waals surface area contributed by atoms with E-state index in [1.807, 2.05) is 49.6 Å². The first kappa shape index (κ1) is 24.0. The summed E-state index contributed by atoms with van der Waals surface area (Å²) in [6.45, 7) is 7.13. The van der Waals surface area contributed by atoms with Crippen molar-refractivity contribution in [2.75, 3.05) is 43.1 Å². The molecule has 8 nitrogen and oxygen atoms in total. The summed E-state index contributed by atoms with van der Waals surface area (Å²) in [7, 11) is 0. The smallest absolute Gasteiger partial charge is 0.258 e. The minimum atomic E-state index is -0.155. The first-order chi connectivity index (χ1) is 17.5. The summed E-state index contributed by atoms with van der Waals surface area (Å²) in [4.78, 5) is 23.9. The Balaban J connectivity index is 1.36. The molecule has 186 valence electrons. The predicted molar refractivity (Wildman–Crippen MR) is 144 cm³/mol. The lowest BCUT2D eigenvalue weighted by Crippen LogP contribution is -2.36. The third kappa shape index (κ3) is 5.75. The predicted octanol–water partition coefficient (Wildman–Crippen LogP) is 4.84. The number of nitrogens with one attached hydrogen (secondary N) is 2. The van der Waals surface area contributed by atoms with E-state index in [0.29, 0.717) is 11.6 Å². The monoisotopic (exact) mass is 503 g/mol. The fourth-order valence-corrected chi connectivity index (χ4v) is 4.80. The molecule has 1 saturated heterocycles. The van der Waals surface area contributed by atoms with E-state index in [2.05, 4.69) is 39.8 Å². The lowest BCUT2D eigenvalue weighted by Gasteiger charge is -2.28. The van der Waals surface area contributed by atoms with Crippen LogP contribution in [0.25, 0.3) is 21.6 Å². The van der Waals surface area contributed by atoms with Gasteiger partial charge >= 0.3 is 0 Å². The Bertz CT molecular complexity index is 1330. The average molecular weight is 504 g/mol. The Morgan fingerprint density at radius 1 is 1.11 bits per heavy atom. The lowest BCUT2D eigenvalue weighted by molar-refractivity contribution is -0.123. The van der Waals surface area contributed by atoms with Crippen LogP contribution < -0.4 is 20.3 Å². The van der Waals surface area contributed by atoms with Gasteiger partial charge in [0.2, 0.25) is 0 Å². The maximum absolute atomic E-state index is 12.0. The summed E-state index contributed by atoms with van der Waals surface area (Å²) < 4.78 is 12.1. The molecule has 0 saturated carbocycles. The number of morpholine rings is 1. The van der Waals surface area contributed by atoms with Crippen LogP contribution in [-0.4, -0.2) is 54.8 Å². The number of thiophene rings is 1. The summed E-state index contributed by atoms with van der Waals surface area (Å²) in [5, 5.41) is 8.32. The molecule has 36 heavy (non-hydrogen) atoms. The van der Waals surface area contributed by atoms with Gasteiger partial charge in [0.25, 0.3) is 5.91 Å². The molecule has 2 aromatic carbocycles. The van der Waals surface area contributed by atoms with E-state index in [1.165, 1.54) is 5.69 Å². The minimum absolute atomic E-state index is 0.0424. The van der Waals surface area contributed by atoms with Crippen molar-refractivity contribution in [2.24, 2.45) is 0 Å². The molecule has 2 N–H and O–H groups in total. The molecule has 1 aliphatic heterocycles. The SMILES string of the molecule is CC(C)NC(=O)COc1cccc(-c2nc(Nc3ccc(N4CCOCC4)cc3)c3sccc3n2)c1. The zero-order chi connectivity index (χ0) is 24.9. The molecule has 0 radical (unpaired) electrons. The van der Waals surface area contributed by atoms with Crippen LogP contribution in [0.2, 0.25) is 0 Å². The first-order valence-electron chi connectivity index (χ1n) is 12.0. The van der Waals surface area contributed by atoms with Crippen LogP contribution in [0.15, 0.2) is 60.0 Å². The van der Waals surface area contributed by atoms with Gasteiger partial charge in [-0.1, -0.05) is 12.1 Å². The lowest BCUT2D eigenvalue weighted by atomic mass is 10.2. The second kappa shape index (κ2) is 10.9. The van der Waals surface area contributed by atoms with E-state index in [4.69, 9.17) is 19.4 Å². The molecule has 1 amide bonds. The number of ether oxygens (including phenoxy) is 2. The molecule has 0 spiro atoms. The van der Waals surface area contributed by atoms with E-state index >= 15 is 0 Å². The molecule has 0 bridgehead atoms. The van der Waals surface area contributed by atoms with Gasteiger partial charge in [-0.25, -0.2) is 9.97 Å². The van der Waals surface area contributed by atoms with E-state index in [1.54, 1.807) is 11.3 Å². The average Bonchev–Trinajstić information content (AvgIpc) is 3.38. The van der Waals surface area contributed by atoms with Gasteiger partial charge < -0.3 is 25.0 Å². The number of benzene rings is 2. The highest BCUT2D eigenvalue weighted by molar-refractivity contribution is 7.17. The molecule has 0 unspecified atom stereocenters. The van der Waals surface area contributed by atoms with Crippen molar-refractivity contribution in [1.29, 1.82) is 0 Å². The zero-order valence-corrected chi connectivity index (χ0v) is 21.2. The van der Waals surface area contributed by atoms with Crippen LogP contribution in [0.4, 0.5) is 17.2 Å². The highest BCUT2D eigenvalue weighted by Gasteiger charge is 2.14. The quantitative estimate of drug-likeness (QED) is 0.356. The number of carbonyl (C=O) groups excluding carboxylic acids is 1. The van der Waals surface area contributed by atoms with E-state index in [0.717, 1.165) is 53.6 Å². The van der Waals surface area contributed by atoms with Crippen LogP contribution >= 0.6 is 11.3 Å². The zero-order valence-electron chi connectivity index (χ0n) is 20.4. The van der Waals surface area contributed by atoms with Crippen molar-refractivity contribution in [3.05, 3.63) is 60.0 Å². The fourth-order valence-electron chi connectivity index (χ4n) is 4.03. The summed E-state index contributed by atoms with van der Waals surface area (Å²) in [5.41, 5.74) is 3.84. The van der Waals surface area contributed by atoms with Gasteiger partial charge in [-0.05, 0) is 61.7 Å². The second-order valence-electron chi connectivity index (χ2n) is 8.84. The van der Waals surface area contributed by atoms with E-state index in [-0.39, 0.29) is 18.6 Å². The van der Waals surface area contributed by atoms with Gasteiger partial charge in [0.05, 0.1) is 23.4 Å². The van der Waals surface area contributed by atoms with Crippen LogP contribution in [0.1, 0.15) is 13.8 Å². The molecule has 1 aliphatic rings. The number of anilines is 3. The van der Waals surface area contributed by atoms with Gasteiger partial charge in [0, 0.05) is 36.1 Å². The van der Waals surface area contributed by atoms with Gasteiger partial charge in [0.15, 0.2) is 18.2 Å². The Hall–Kier alpha value is -3.69. The molecular formula is C27H29N5O3S. The Morgan fingerprint density at radius 2 is 1.92 bits per heavy atom. The molecule has 0 atom stereocenters. The molecule has 5 rings (SSSR count). The van der Waals surface area contributed by atoms with Gasteiger partial charge in [-0.2, -0.15) is 0 Å². The summed E-state index contributed by atoms with van der Waals surface area (Å²) in [6.07, 6.45) is 0. The summed E-state index contributed by atoms with van der Waals surface area (Å²) in [5.74, 6) is 1.78. The number of nitrogens with zero attached hydrogens (tertiary/aromatic N) is 3. The van der Waals surface area contributed by atoms with Crippen LogP contribution in [0, 0.1) is 0 Å². The molecule has 9 heteroatoms. The third-order valence-electron chi connectivity index (χ3n) is 5.72.